The van der Waals surface area contributed by atoms with Crippen LogP contribution in [0.5, 0.6) is 0 Å². The maximum atomic E-state index is 12.8. The Bertz CT molecular complexity index is 727. The van der Waals surface area contributed by atoms with Gasteiger partial charge in [-0.2, -0.15) is 5.26 Å². The van der Waals surface area contributed by atoms with Crippen LogP contribution in [0.4, 0.5) is 10.8 Å². The number of anilines is 2. The van der Waals surface area contributed by atoms with Gasteiger partial charge in [0.25, 0.3) is 0 Å². The molecular formula is C17H17N3O2S. The molecule has 6 heteroatoms. The van der Waals surface area contributed by atoms with E-state index in [4.69, 9.17) is 10.00 Å². The molecule has 0 saturated carbocycles. The molecule has 1 aliphatic rings. The van der Waals surface area contributed by atoms with E-state index in [2.05, 4.69) is 11.1 Å². The molecule has 2 aromatic rings. The summed E-state index contributed by atoms with van der Waals surface area (Å²) in [4.78, 5) is 18.9. The Morgan fingerprint density at radius 1 is 1.48 bits per heavy atom. The number of amides is 1. The maximum absolute atomic E-state index is 12.8. The van der Waals surface area contributed by atoms with E-state index in [1.807, 2.05) is 12.3 Å². The first kappa shape index (κ1) is 15.7. The van der Waals surface area contributed by atoms with Crippen LogP contribution in [0, 0.1) is 18.3 Å². The molecule has 23 heavy (non-hydrogen) atoms. The molecule has 1 amide bonds. The third kappa shape index (κ3) is 3.58. The molecule has 1 aromatic heterocycles. The van der Waals surface area contributed by atoms with Gasteiger partial charge < -0.3 is 4.74 Å². The van der Waals surface area contributed by atoms with Crippen LogP contribution in [0.3, 0.4) is 0 Å². The van der Waals surface area contributed by atoms with E-state index >= 15 is 0 Å². The first-order valence-electron chi connectivity index (χ1n) is 7.54. The third-order valence-electron chi connectivity index (χ3n) is 3.73. The molecule has 0 unspecified atom stereocenters. The van der Waals surface area contributed by atoms with Crippen LogP contribution in [0.15, 0.2) is 29.6 Å². The average Bonchev–Trinajstić information content (AvgIpc) is 3.20. The number of nitriles is 1. The normalized spacial score (nSPS) is 17.0. The zero-order valence-electron chi connectivity index (χ0n) is 12.9. The number of carbonyl (C=O) groups excluding carboxylic acids is 1. The molecule has 1 aliphatic heterocycles. The molecule has 0 radical (unpaired) electrons. The Balaban J connectivity index is 1.89. The minimum atomic E-state index is -0.0315. The fourth-order valence-corrected chi connectivity index (χ4v) is 3.42. The van der Waals surface area contributed by atoms with Gasteiger partial charge >= 0.3 is 0 Å². The number of aryl methyl sites for hydroxylation is 1. The predicted octanol–water partition coefficient (Wildman–Crippen LogP) is 3.56. The van der Waals surface area contributed by atoms with Gasteiger partial charge in [0.05, 0.1) is 35.5 Å². The first-order chi connectivity index (χ1) is 11.2. The minimum absolute atomic E-state index is 0.00978. The molecule has 3 rings (SSSR count). The van der Waals surface area contributed by atoms with E-state index in [0.717, 1.165) is 30.8 Å². The molecule has 0 bridgehead atoms. The number of ether oxygens (including phenoxy) is 1. The second kappa shape index (κ2) is 6.90. The third-order valence-corrected chi connectivity index (χ3v) is 4.67. The number of carbonyl (C=O) groups is 1. The highest BCUT2D eigenvalue weighted by molar-refractivity contribution is 7.14. The topological polar surface area (TPSA) is 66.2 Å². The van der Waals surface area contributed by atoms with Crippen molar-refractivity contribution in [3.8, 4) is 6.07 Å². The Morgan fingerprint density at radius 2 is 2.26 bits per heavy atom. The smallest absolute Gasteiger partial charge is 0.235 e. The summed E-state index contributed by atoms with van der Waals surface area (Å²) in [6, 6.07) is 9.07. The number of rotatable bonds is 4. The highest BCUT2D eigenvalue weighted by atomic mass is 32.1. The summed E-state index contributed by atoms with van der Waals surface area (Å²) in [6.45, 7) is 2.63. The lowest BCUT2D eigenvalue weighted by molar-refractivity contribution is -0.120. The van der Waals surface area contributed by atoms with Gasteiger partial charge in [0.15, 0.2) is 5.13 Å². The summed E-state index contributed by atoms with van der Waals surface area (Å²) in [5.74, 6) is -0.0315. The Kier molecular flexibility index (Phi) is 4.70. The number of nitrogens with zero attached hydrogens (tertiary/aromatic N) is 3. The Hall–Kier alpha value is -2.23. The highest BCUT2D eigenvalue weighted by Crippen LogP contribution is 2.30. The summed E-state index contributed by atoms with van der Waals surface area (Å²) < 4.78 is 5.58. The van der Waals surface area contributed by atoms with Gasteiger partial charge in [-0.05, 0) is 44.0 Å². The number of thiazole rings is 1. The van der Waals surface area contributed by atoms with Gasteiger partial charge in [-0.25, -0.2) is 4.98 Å². The zero-order chi connectivity index (χ0) is 16.2. The largest absolute Gasteiger partial charge is 0.378 e. The van der Waals surface area contributed by atoms with Gasteiger partial charge in [-0.1, -0.05) is 0 Å². The predicted molar refractivity (Wildman–Crippen MR) is 88.7 cm³/mol. The molecule has 1 atom stereocenters. The van der Waals surface area contributed by atoms with Crippen molar-refractivity contribution in [3.63, 3.8) is 0 Å². The van der Waals surface area contributed by atoms with E-state index in [1.165, 1.54) is 11.3 Å². The Labute approximate surface area is 139 Å². The SMILES string of the molecule is Cc1csc(N(C(=O)C[C@H]2CCCO2)c2ccc(C#N)cc2)n1. The second-order valence-electron chi connectivity index (χ2n) is 5.50. The van der Waals surface area contributed by atoms with Gasteiger partial charge in [0.2, 0.25) is 5.91 Å². The average molecular weight is 327 g/mol. The lowest BCUT2D eigenvalue weighted by atomic mass is 10.1. The molecule has 2 heterocycles. The zero-order valence-corrected chi connectivity index (χ0v) is 13.7. The molecule has 5 nitrogen and oxygen atoms in total. The summed E-state index contributed by atoms with van der Waals surface area (Å²) in [7, 11) is 0. The van der Waals surface area contributed by atoms with Crippen molar-refractivity contribution >= 4 is 28.1 Å². The van der Waals surface area contributed by atoms with E-state index in [0.29, 0.717) is 17.1 Å². The standard InChI is InChI=1S/C17H17N3O2S/c1-12-11-23-17(19-12)20(14-6-4-13(10-18)5-7-14)16(21)9-15-3-2-8-22-15/h4-7,11,15H,2-3,8-9H2,1H3/t15-/m1/s1. The van der Waals surface area contributed by atoms with Crippen LogP contribution in [0.2, 0.25) is 0 Å². The second-order valence-corrected chi connectivity index (χ2v) is 6.33. The molecule has 1 fully saturated rings. The Morgan fingerprint density at radius 3 is 2.83 bits per heavy atom. The monoisotopic (exact) mass is 327 g/mol. The van der Waals surface area contributed by atoms with Crippen molar-refractivity contribution in [3.05, 3.63) is 40.9 Å². The number of hydrogen-bond acceptors (Lipinski definition) is 5. The fraction of sp³-hybridized carbons (Fsp3) is 0.353. The minimum Gasteiger partial charge on any atom is -0.378 e. The van der Waals surface area contributed by atoms with Crippen molar-refractivity contribution < 1.29 is 9.53 Å². The quantitative estimate of drug-likeness (QED) is 0.861. The van der Waals surface area contributed by atoms with Crippen molar-refractivity contribution in [2.75, 3.05) is 11.5 Å². The van der Waals surface area contributed by atoms with E-state index in [-0.39, 0.29) is 12.0 Å². The van der Waals surface area contributed by atoms with Gasteiger partial charge in [-0.3, -0.25) is 9.69 Å². The van der Waals surface area contributed by atoms with Crippen LogP contribution >= 0.6 is 11.3 Å². The van der Waals surface area contributed by atoms with Gasteiger partial charge in [-0.15, -0.1) is 11.3 Å². The lowest BCUT2D eigenvalue weighted by Gasteiger charge is -2.21. The van der Waals surface area contributed by atoms with E-state index < -0.39 is 0 Å². The highest BCUT2D eigenvalue weighted by Gasteiger charge is 2.26. The van der Waals surface area contributed by atoms with Crippen molar-refractivity contribution in [2.45, 2.75) is 32.3 Å². The molecule has 1 aromatic carbocycles. The summed E-state index contributed by atoms with van der Waals surface area (Å²) in [5, 5.41) is 11.5. The van der Waals surface area contributed by atoms with E-state index in [1.54, 1.807) is 29.2 Å². The molecule has 1 saturated heterocycles. The number of hydrogen-bond donors (Lipinski definition) is 0. The van der Waals surface area contributed by atoms with Crippen LogP contribution in [0.1, 0.15) is 30.5 Å². The van der Waals surface area contributed by atoms with Gasteiger partial charge in [0.1, 0.15) is 0 Å². The molecule has 0 N–H and O–H groups in total. The fourth-order valence-electron chi connectivity index (χ4n) is 2.58. The van der Waals surface area contributed by atoms with Crippen LogP contribution in [-0.2, 0) is 9.53 Å². The number of aromatic nitrogens is 1. The number of benzene rings is 1. The van der Waals surface area contributed by atoms with Crippen LogP contribution in [-0.4, -0.2) is 23.6 Å². The molecule has 118 valence electrons. The first-order valence-corrected chi connectivity index (χ1v) is 8.42. The molecular weight excluding hydrogens is 310 g/mol. The summed E-state index contributed by atoms with van der Waals surface area (Å²) >= 11 is 1.44. The van der Waals surface area contributed by atoms with Gasteiger partial charge in [0, 0.05) is 12.0 Å². The summed E-state index contributed by atoms with van der Waals surface area (Å²) in [6.07, 6.45) is 2.26. The van der Waals surface area contributed by atoms with Crippen LogP contribution < -0.4 is 4.90 Å². The lowest BCUT2D eigenvalue weighted by Crippen LogP contribution is -2.29. The van der Waals surface area contributed by atoms with Crippen molar-refractivity contribution in [1.82, 2.24) is 4.98 Å². The van der Waals surface area contributed by atoms with Crippen molar-refractivity contribution in [1.29, 1.82) is 5.26 Å². The maximum Gasteiger partial charge on any atom is 0.235 e. The molecule has 0 aliphatic carbocycles. The van der Waals surface area contributed by atoms with E-state index in [9.17, 15) is 4.79 Å². The molecule has 0 spiro atoms. The van der Waals surface area contributed by atoms with Crippen molar-refractivity contribution in [2.24, 2.45) is 0 Å². The van der Waals surface area contributed by atoms with Crippen LogP contribution in [0.25, 0.3) is 0 Å². The summed E-state index contributed by atoms with van der Waals surface area (Å²) in [5.41, 5.74) is 2.17.